The van der Waals surface area contributed by atoms with Gasteiger partial charge >= 0.3 is 0 Å². The summed E-state index contributed by atoms with van der Waals surface area (Å²) in [6.45, 7) is 1.65. The molecule has 1 aliphatic carbocycles. The van der Waals surface area contributed by atoms with E-state index < -0.39 is 0 Å². The van der Waals surface area contributed by atoms with Crippen LogP contribution >= 0.6 is 12.2 Å². The maximum absolute atomic E-state index is 5.87. The highest BCUT2D eigenvalue weighted by atomic mass is 32.1. The molecule has 0 bridgehead atoms. The molecular weight excluding hydrogens is 270 g/mol. The van der Waals surface area contributed by atoms with Gasteiger partial charge in [0.1, 0.15) is 0 Å². The summed E-state index contributed by atoms with van der Waals surface area (Å²) in [5.41, 5.74) is 0.955. The molecule has 0 radical (unpaired) electrons. The fourth-order valence-corrected chi connectivity index (χ4v) is 2.59. The van der Waals surface area contributed by atoms with Crippen LogP contribution in [-0.2, 0) is 4.74 Å². The van der Waals surface area contributed by atoms with Crippen LogP contribution in [0.15, 0.2) is 24.5 Å². The van der Waals surface area contributed by atoms with Crippen molar-refractivity contribution in [2.75, 3.05) is 18.5 Å². The molecule has 1 fully saturated rings. The normalized spacial score (nSPS) is 15.8. The predicted molar refractivity (Wildman–Crippen MR) is 85.9 cm³/mol. The van der Waals surface area contributed by atoms with Gasteiger partial charge in [-0.2, -0.15) is 0 Å². The van der Waals surface area contributed by atoms with Gasteiger partial charge in [-0.05, 0) is 43.6 Å². The summed E-state index contributed by atoms with van der Waals surface area (Å²) in [5.74, 6) is 0. The van der Waals surface area contributed by atoms with Crippen molar-refractivity contribution in [3.8, 4) is 0 Å². The highest BCUT2D eigenvalue weighted by Crippen LogP contribution is 2.20. The van der Waals surface area contributed by atoms with Gasteiger partial charge in [-0.15, -0.1) is 0 Å². The Bertz CT molecular complexity index is 393. The molecule has 0 spiro atoms. The quantitative estimate of drug-likeness (QED) is 0.623. The van der Waals surface area contributed by atoms with Crippen molar-refractivity contribution in [1.29, 1.82) is 0 Å². The summed E-state index contributed by atoms with van der Waals surface area (Å²) < 4.78 is 5.87. The van der Waals surface area contributed by atoms with Crippen LogP contribution in [0.25, 0.3) is 0 Å². The van der Waals surface area contributed by atoms with Crippen molar-refractivity contribution < 1.29 is 4.74 Å². The second-order valence-electron chi connectivity index (χ2n) is 5.10. The molecule has 1 heterocycles. The van der Waals surface area contributed by atoms with Gasteiger partial charge in [0.05, 0.1) is 6.10 Å². The molecule has 20 heavy (non-hydrogen) atoms. The monoisotopic (exact) mass is 293 g/mol. The highest BCUT2D eigenvalue weighted by molar-refractivity contribution is 7.80. The number of pyridine rings is 1. The van der Waals surface area contributed by atoms with Crippen molar-refractivity contribution >= 4 is 23.0 Å². The Kier molecular flexibility index (Phi) is 6.74. The van der Waals surface area contributed by atoms with Crippen LogP contribution in [0.2, 0.25) is 0 Å². The van der Waals surface area contributed by atoms with E-state index in [0.29, 0.717) is 11.2 Å². The standard InChI is InChI=1S/C15H23N3OS/c20-15(18-13-7-10-16-11-8-13)17-9-4-12-19-14-5-2-1-3-6-14/h7-8,10-11,14H,1-6,9,12H2,(H2,16,17,18,20). The third-order valence-electron chi connectivity index (χ3n) is 3.45. The first-order valence-corrected chi connectivity index (χ1v) is 7.82. The second-order valence-corrected chi connectivity index (χ2v) is 5.51. The van der Waals surface area contributed by atoms with E-state index in [0.717, 1.165) is 25.3 Å². The van der Waals surface area contributed by atoms with Gasteiger partial charge < -0.3 is 15.4 Å². The van der Waals surface area contributed by atoms with Gasteiger partial charge in [0.15, 0.2) is 5.11 Å². The van der Waals surface area contributed by atoms with Gasteiger partial charge in [-0.1, -0.05) is 19.3 Å². The van der Waals surface area contributed by atoms with Crippen molar-refractivity contribution in [3.05, 3.63) is 24.5 Å². The first kappa shape index (κ1) is 15.2. The minimum atomic E-state index is 0.491. The summed E-state index contributed by atoms with van der Waals surface area (Å²) in [7, 11) is 0. The van der Waals surface area contributed by atoms with E-state index in [1.165, 1.54) is 32.1 Å². The topological polar surface area (TPSA) is 46.2 Å². The van der Waals surface area contributed by atoms with E-state index in [-0.39, 0.29) is 0 Å². The number of nitrogens with zero attached hydrogens (tertiary/aromatic N) is 1. The Morgan fingerprint density at radius 2 is 2.00 bits per heavy atom. The van der Waals surface area contributed by atoms with E-state index >= 15 is 0 Å². The predicted octanol–water partition coefficient (Wildman–Crippen LogP) is 3.11. The average molecular weight is 293 g/mol. The summed E-state index contributed by atoms with van der Waals surface area (Å²) >= 11 is 5.23. The molecule has 1 aromatic rings. The van der Waals surface area contributed by atoms with Gasteiger partial charge in [-0.3, -0.25) is 4.98 Å². The number of aromatic nitrogens is 1. The smallest absolute Gasteiger partial charge is 0.170 e. The maximum Gasteiger partial charge on any atom is 0.170 e. The fourth-order valence-electron chi connectivity index (χ4n) is 2.37. The Balaban J connectivity index is 1.51. The van der Waals surface area contributed by atoms with Crippen molar-refractivity contribution in [3.63, 3.8) is 0 Å². The molecule has 2 N–H and O–H groups in total. The number of thiocarbonyl (C=S) groups is 1. The third-order valence-corrected chi connectivity index (χ3v) is 3.70. The number of anilines is 1. The Morgan fingerprint density at radius 3 is 2.75 bits per heavy atom. The lowest BCUT2D eigenvalue weighted by Gasteiger charge is -2.22. The van der Waals surface area contributed by atoms with Crippen LogP contribution in [0.4, 0.5) is 5.69 Å². The highest BCUT2D eigenvalue weighted by Gasteiger charge is 2.12. The van der Waals surface area contributed by atoms with Crippen LogP contribution in [0.3, 0.4) is 0 Å². The molecule has 2 rings (SSSR count). The molecule has 0 amide bonds. The second kappa shape index (κ2) is 8.87. The first-order chi connectivity index (χ1) is 9.84. The molecule has 5 heteroatoms. The number of hydrogen-bond acceptors (Lipinski definition) is 3. The SMILES string of the molecule is S=C(NCCCOC1CCCCC1)Nc1ccncc1. The molecule has 0 aliphatic heterocycles. The molecule has 0 unspecified atom stereocenters. The number of ether oxygens (including phenoxy) is 1. The van der Waals surface area contributed by atoms with E-state index in [9.17, 15) is 0 Å². The van der Waals surface area contributed by atoms with Crippen LogP contribution in [0.5, 0.6) is 0 Å². The number of hydrogen-bond donors (Lipinski definition) is 2. The molecule has 1 aliphatic rings. The lowest BCUT2D eigenvalue weighted by Crippen LogP contribution is -2.30. The minimum absolute atomic E-state index is 0.491. The molecule has 0 aromatic carbocycles. The van der Waals surface area contributed by atoms with E-state index in [1.807, 2.05) is 12.1 Å². The average Bonchev–Trinajstić information content (AvgIpc) is 2.49. The van der Waals surface area contributed by atoms with Crippen LogP contribution in [0.1, 0.15) is 38.5 Å². The Hall–Kier alpha value is -1.20. The summed E-state index contributed by atoms with van der Waals surface area (Å²) in [6, 6.07) is 3.78. The zero-order valence-electron chi connectivity index (χ0n) is 11.8. The largest absolute Gasteiger partial charge is 0.378 e. The maximum atomic E-state index is 5.87. The zero-order chi connectivity index (χ0) is 14.0. The van der Waals surface area contributed by atoms with Crippen molar-refractivity contribution in [2.24, 2.45) is 0 Å². The minimum Gasteiger partial charge on any atom is -0.378 e. The van der Waals surface area contributed by atoms with E-state index in [1.54, 1.807) is 12.4 Å². The van der Waals surface area contributed by atoms with Crippen molar-refractivity contribution in [2.45, 2.75) is 44.6 Å². The lowest BCUT2D eigenvalue weighted by atomic mass is 9.98. The number of nitrogens with one attached hydrogen (secondary N) is 2. The van der Waals surface area contributed by atoms with E-state index in [4.69, 9.17) is 17.0 Å². The fraction of sp³-hybridized carbons (Fsp3) is 0.600. The first-order valence-electron chi connectivity index (χ1n) is 7.41. The molecule has 1 saturated carbocycles. The molecule has 1 aromatic heterocycles. The number of rotatable bonds is 6. The van der Waals surface area contributed by atoms with Gasteiger partial charge in [0, 0.05) is 31.2 Å². The molecule has 110 valence electrons. The zero-order valence-corrected chi connectivity index (χ0v) is 12.6. The van der Waals surface area contributed by atoms with Gasteiger partial charge in [-0.25, -0.2) is 0 Å². The molecule has 0 saturated heterocycles. The van der Waals surface area contributed by atoms with E-state index in [2.05, 4.69) is 15.6 Å². The third kappa shape index (κ3) is 5.84. The van der Waals surface area contributed by atoms with Crippen LogP contribution in [0, 0.1) is 0 Å². The molecule has 4 nitrogen and oxygen atoms in total. The van der Waals surface area contributed by atoms with Gasteiger partial charge in [0.2, 0.25) is 0 Å². The summed E-state index contributed by atoms with van der Waals surface area (Å²) in [5, 5.41) is 6.96. The van der Waals surface area contributed by atoms with Crippen LogP contribution < -0.4 is 10.6 Å². The van der Waals surface area contributed by atoms with Crippen molar-refractivity contribution in [1.82, 2.24) is 10.3 Å². The van der Waals surface area contributed by atoms with Gasteiger partial charge in [0.25, 0.3) is 0 Å². The summed E-state index contributed by atoms with van der Waals surface area (Å²) in [6.07, 6.45) is 11.4. The van der Waals surface area contributed by atoms with Crippen LogP contribution in [-0.4, -0.2) is 29.4 Å². The molecule has 0 atom stereocenters. The summed E-state index contributed by atoms with van der Waals surface area (Å²) in [4.78, 5) is 3.96. The Labute approximate surface area is 126 Å². The lowest BCUT2D eigenvalue weighted by molar-refractivity contribution is 0.0277. The Morgan fingerprint density at radius 1 is 1.25 bits per heavy atom. The molecular formula is C15H23N3OS.